The van der Waals surface area contributed by atoms with E-state index in [-0.39, 0.29) is 12.7 Å². The van der Waals surface area contributed by atoms with Gasteiger partial charge in [0.25, 0.3) is 0 Å². The number of piperidine rings is 1. The summed E-state index contributed by atoms with van der Waals surface area (Å²) in [6, 6.07) is 6.28. The first-order valence-electron chi connectivity index (χ1n) is 6.97. The third kappa shape index (κ3) is 1.86. The number of amides is 1. The molecule has 1 aromatic rings. The van der Waals surface area contributed by atoms with Gasteiger partial charge in [0.2, 0.25) is 12.7 Å². The Kier molecular flexibility index (Phi) is 2.43. The van der Waals surface area contributed by atoms with E-state index in [1.165, 1.54) is 19.3 Å². The van der Waals surface area contributed by atoms with E-state index in [0.717, 1.165) is 29.5 Å². The number of ether oxygens (including phenoxy) is 2. The van der Waals surface area contributed by atoms with E-state index in [1.807, 2.05) is 18.2 Å². The lowest BCUT2D eigenvalue weighted by molar-refractivity contribution is -0.132. The number of hydrogen-bond donors (Lipinski definition) is 0. The molecule has 3 aliphatic rings. The summed E-state index contributed by atoms with van der Waals surface area (Å²) in [5, 5.41) is 0. The standard InChI is InChI=1S/C15H17NO3/c17-15(16-8-11-1-3-12(16)5-11)7-10-2-4-13-14(6-10)19-9-18-13/h2,4,6,11-12H,1,3,5,7-9H2. The Hall–Kier alpha value is -1.71. The highest BCUT2D eigenvalue weighted by atomic mass is 16.7. The van der Waals surface area contributed by atoms with Gasteiger partial charge in [0.15, 0.2) is 11.5 Å². The van der Waals surface area contributed by atoms with Crippen molar-refractivity contribution in [2.24, 2.45) is 5.92 Å². The third-order valence-corrected chi connectivity index (χ3v) is 4.52. The van der Waals surface area contributed by atoms with E-state index in [4.69, 9.17) is 9.47 Å². The Balaban J connectivity index is 1.48. The molecule has 1 saturated heterocycles. The SMILES string of the molecule is O=C(Cc1ccc2c(c1)OCO2)N1CC2CCC1C2. The molecule has 0 radical (unpaired) electrons. The zero-order valence-electron chi connectivity index (χ0n) is 10.8. The quantitative estimate of drug-likeness (QED) is 0.815. The van der Waals surface area contributed by atoms with Crippen molar-refractivity contribution in [3.63, 3.8) is 0 Å². The first-order valence-corrected chi connectivity index (χ1v) is 6.97. The first kappa shape index (κ1) is 11.1. The van der Waals surface area contributed by atoms with Gasteiger partial charge in [0, 0.05) is 12.6 Å². The molecule has 1 aliphatic carbocycles. The summed E-state index contributed by atoms with van der Waals surface area (Å²) in [5.74, 6) is 2.54. The number of carbonyl (C=O) groups is 1. The summed E-state index contributed by atoms with van der Waals surface area (Å²) in [6.45, 7) is 1.25. The van der Waals surface area contributed by atoms with Crippen LogP contribution in [0, 0.1) is 5.92 Å². The monoisotopic (exact) mass is 259 g/mol. The number of nitrogens with zero attached hydrogens (tertiary/aromatic N) is 1. The number of carbonyl (C=O) groups excluding carboxylic acids is 1. The summed E-state index contributed by atoms with van der Waals surface area (Å²) in [4.78, 5) is 14.4. The van der Waals surface area contributed by atoms with Crippen LogP contribution in [0.3, 0.4) is 0 Å². The van der Waals surface area contributed by atoms with E-state index in [0.29, 0.717) is 12.5 Å². The number of hydrogen-bond acceptors (Lipinski definition) is 3. The number of benzene rings is 1. The van der Waals surface area contributed by atoms with Crippen molar-refractivity contribution in [2.75, 3.05) is 13.3 Å². The van der Waals surface area contributed by atoms with Crippen molar-refractivity contribution in [1.29, 1.82) is 0 Å². The predicted octanol–water partition coefficient (Wildman–Crippen LogP) is 1.97. The van der Waals surface area contributed by atoms with Crippen molar-refractivity contribution >= 4 is 5.91 Å². The number of rotatable bonds is 2. The van der Waals surface area contributed by atoms with Crippen LogP contribution in [0.15, 0.2) is 18.2 Å². The Morgan fingerprint density at radius 3 is 2.95 bits per heavy atom. The second kappa shape index (κ2) is 4.15. The van der Waals surface area contributed by atoms with Crippen molar-refractivity contribution in [3.8, 4) is 11.5 Å². The fraction of sp³-hybridized carbons (Fsp3) is 0.533. The molecule has 4 rings (SSSR count). The highest BCUT2D eigenvalue weighted by Gasteiger charge is 2.39. The van der Waals surface area contributed by atoms with Crippen molar-refractivity contribution in [1.82, 2.24) is 4.90 Å². The van der Waals surface area contributed by atoms with Gasteiger partial charge in [-0.25, -0.2) is 0 Å². The van der Waals surface area contributed by atoms with Gasteiger partial charge in [0.05, 0.1) is 6.42 Å². The van der Waals surface area contributed by atoms with Gasteiger partial charge in [-0.05, 0) is 42.9 Å². The molecule has 4 nitrogen and oxygen atoms in total. The van der Waals surface area contributed by atoms with E-state index < -0.39 is 0 Å². The Bertz CT molecular complexity index is 528. The number of fused-ring (bicyclic) bond motifs is 3. The van der Waals surface area contributed by atoms with E-state index >= 15 is 0 Å². The molecular formula is C15H17NO3. The van der Waals surface area contributed by atoms with Crippen molar-refractivity contribution < 1.29 is 14.3 Å². The van der Waals surface area contributed by atoms with E-state index in [1.54, 1.807) is 0 Å². The van der Waals surface area contributed by atoms with Gasteiger partial charge in [-0.2, -0.15) is 0 Å². The van der Waals surface area contributed by atoms with Crippen molar-refractivity contribution in [2.45, 2.75) is 31.7 Å². The molecule has 4 heteroatoms. The normalized spacial score (nSPS) is 27.1. The molecule has 2 atom stereocenters. The molecule has 2 bridgehead atoms. The lowest BCUT2D eigenvalue weighted by Crippen LogP contribution is -2.38. The average Bonchev–Trinajstić information content (AvgIpc) is 3.13. The fourth-order valence-electron chi connectivity index (χ4n) is 3.56. The van der Waals surface area contributed by atoms with Crippen LogP contribution in [0.5, 0.6) is 11.5 Å². The van der Waals surface area contributed by atoms with E-state index in [9.17, 15) is 4.79 Å². The van der Waals surface area contributed by atoms with Gasteiger partial charge in [-0.1, -0.05) is 6.07 Å². The highest BCUT2D eigenvalue weighted by Crippen LogP contribution is 2.38. The minimum Gasteiger partial charge on any atom is -0.454 e. The molecule has 0 N–H and O–H groups in total. The van der Waals surface area contributed by atoms with Gasteiger partial charge in [-0.15, -0.1) is 0 Å². The van der Waals surface area contributed by atoms with Crippen LogP contribution in [0.2, 0.25) is 0 Å². The summed E-state index contributed by atoms with van der Waals surface area (Å²) in [7, 11) is 0. The van der Waals surface area contributed by atoms with Crippen LogP contribution < -0.4 is 9.47 Å². The maximum absolute atomic E-state index is 12.4. The Morgan fingerprint density at radius 1 is 1.26 bits per heavy atom. The molecular weight excluding hydrogens is 242 g/mol. The topological polar surface area (TPSA) is 38.8 Å². The molecule has 1 saturated carbocycles. The molecule has 2 unspecified atom stereocenters. The maximum Gasteiger partial charge on any atom is 0.231 e. The molecule has 1 aromatic carbocycles. The first-order chi connectivity index (χ1) is 9.29. The second-order valence-electron chi connectivity index (χ2n) is 5.74. The van der Waals surface area contributed by atoms with E-state index in [2.05, 4.69) is 4.90 Å². The Morgan fingerprint density at radius 2 is 2.16 bits per heavy atom. The minimum absolute atomic E-state index is 0.256. The van der Waals surface area contributed by atoms with Crippen LogP contribution in [0.4, 0.5) is 0 Å². The summed E-state index contributed by atoms with van der Waals surface area (Å²) >= 11 is 0. The van der Waals surface area contributed by atoms with Gasteiger partial charge < -0.3 is 14.4 Å². The predicted molar refractivity (Wildman–Crippen MR) is 69.1 cm³/mol. The maximum atomic E-state index is 12.4. The van der Waals surface area contributed by atoms with Crippen LogP contribution >= 0.6 is 0 Å². The molecule has 19 heavy (non-hydrogen) atoms. The fourth-order valence-corrected chi connectivity index (χ4v) is 3.56. The average molecular weight is 259 g/mol. The molecule has 1 amide bonds. The lowest BCUT2D eigenvalue weighted by Gasteiger charge is -2.27. The minimum atomic E-state index is 0.256. The van der Waals surface area contributed by atoms with Crippen LogP contribution in [-0.2, 0) is 11.2 Å². The van der Waals surface area contributed by atoms with Gasteiger partial charge >= 0.3 is 0 Å². The number of likely N-dealkylation sites (tertiary alicyclic amines) is 1. The largest absolute Gasteiger partial charge is 0.454 e. The molecule has 0 aromatic heterocycles. The zero-order valence-corrected chi connectivity index (χ0v) is 10.8. The van der Waals surface area contributed by atoms with Crippen molar-refractivity contribution in [3.05, 3.63) is 23.8 Å². The second-order valence-corrected chi connectivity index (χ2v) is 5.74. The molecule has 2 aliphatic heterocycles. The van der Waals surface area contributed by atoms with Crippen LogP contribution in [0.25, 0.3) is 0 Å². The Labute approximate surface area is 112 Å². The van der Waals surface area contributed by atoms with Crippen LogP contribution in [-0.4, -0.2) is 30.2 Å². The molecule has 2 fully saturated rings. The smallest absolute Gasteiger partial charge is 0.231 e. The van der Waals surface area contributed by atoms with Gasteiger partial charge in [-0.3, -0.25) is 4.79 Å². The molecule has 0 spiro atoms. The summed E-state index contributed by atoms with van der Waals surface area (Å²) in [5.41, 5.74) is 1.01. The van der Waals surface area contributed by atoms with Gasteiger partial charge in [0.1, 0.15) is 0 Å². The van der Waals surface area contributed by atoms with Crippen LogP contribution in [0.1, 0.15) is 24.8 Å². The molecule has 100 valence electrons. The molecule has 2 heterocycles. The third-order valence-electron chi connectivity index (χ3n) is 4.52. The highest BCUT2D eigenvalue weighted by molar-refractivity contribution is 5.79. The zero-order chi connectivity index (χ0) is 12.8. The summed E-state index contributed by atoms with van der Waals surface area (Å²) < 4.78 is 10.6. The summed E-state index contributed by atoms with van der Waals surface area (Å²) in [6.07, 6.45) is 4.18. The lowest BCUT2D eigenvalue weighted by atomic mass is 10.1.